The van der Waals surface area contributed by atoms with Gasteiger partial charge >= 0.3 is 10.2 Å². The van der Waals surface area contributed by atoms with Crippen molar-refractivity contribution in [2.24, 2.45) is 0 Å². The molecular formula is C32H35N3O6SSi. The van der Waals surface area contributed by atoms with Gasteiger partial charge in [0.05, 0.1) is 17.3 Å². The summed E-state index contributed by atoms with van der Waals surface area (Å²) in [5.41, 5.74) is 2.78. The lowest BCUT2D eigenvalue weighted by molar-refractivity contribution is 0.0657. The minimum Gasteiger partial charge on any atom is -0.493 e. The van der Waals surface area contributed by atoms with E-state index in [0.717, 1.165) is 19.7 Å². The molecule has 0 aliphatic carbocycles. The lowest BCUT2D eigenvalue weighted by Crippen LogP contribution is -2.37. The standard InChI is InChI=1S/C32H35N3O6SSi/c1-43(2,3)20-19-34-30(36)22-35(42(34,39)40)28-17-16-24(21-29(28)41-23-25-12-5-4-6-13-25)11-9-10-18-33-31(37)26-14-7-8-15-27(26)32(33)38/h4-9,11-17,21-22,36H,10,18-20,23H2,1-3H3. The van der Waals surface area contributed by atoms with Crippen molar-refractivity contribution in [1.29, 1.82) is 0 Å². The Morgan fingerprint density at radius 1 is 0.884 bits per heavy atom. The number of ether oxygens (including phenoxy) is 1. The first-order valence-electron chi connectivity index (χ1n) is 14.1. The van der Waals surface area contributed by atoms with Crippen molar-refractivity contribution >= 4 is 41.9 Å². The Morgan fingerprint density at radius 2 is 1.53 bits per heavy atom. The number of nitrogens with zero attached hydrogens (tertiary/aromatic N) is 3. The molecule has 0 unspecified atom stereocenters. The van der Waals surface area contributed by atoms with Crippen LogP contribution in [0.5, 0.6) is 5.75 Å². The maximum Gasteiger partial charge on any atom is 0.332 e. The maximum atomic E-state index is 13.5. The molecule has 0 saturated heterocycles. The topological polar surface area (TPSA) is 107 Å². The summed E-state index contributed by atoms with van der Waals surface area (Å²) in [6.45, 7) is 7.10. The zero-order valence-corrected chi connectivity index (χ0v) is 26.3. The van der Waals surface area contributed by atoms with Gasteiger partial charge in [-0.15, -0.1) is 0 Å². The highest BCUT2D eigenvalue weighted by atomic mass is 32.2. The van der Waals surface area contributed by atoms with E-state index in [2.05, 4.69) is 19.6 Å². The number of imide groups is 1. The molecule has 0 bridgehead atoms. The van der Waals surface area contributed by atoms with Crippen LogP contribution in [0.3, 0.4) is 0 Å². The summed E-state index contributed by atoms with van der Waals surface area (Å²) in [7, 11) is -5.63. The number of hydrogen-bond donors (Lipinski definition) is 1. The smallest absolute Gasteiger partial charge is 0.332 e. The molecule has 0 radical (unpaired) electrons. The molecule has 2 aliphatic rings. The van der Waals surface area contributed by atoms with Crippen LogP contribution in [0.2, 0.25) is 25.7 Å². The van der Waals surface area contributed by atoms with Crippen LogP contribution in [0.4, 0.5) is 5.69 Å². The number of amides is 2. The van der Waals surface area contributed by atoms with E-state index < -0.39 is 18.3 Å². The Bertz CT molecular complexity index is 1660. The number of benzene rings is 3. The molecule has 11 heteroatoms. The number of fused-ring (bicyclic) bond motifs is 1. The molecule has 0 aromatic heterocycles. The Hall–Kier alpha value is -4.35. The van der Waals surface area contributed by atoms with E-state index in [0.29, 0.717) is 29.3 Å². The molecule has 9 nitrogen and oxygen atoms in total. The average molecular weight is 618 g/mol. The third-order valence-electron chi connectivity index (χ3n) is 7.25. The van der Waals surface area contributed by atoms with Gasteiger partial charge in [-0.25, -0.2) is 8.61 Å². The lowest BCUT2D eigenvalue weighted by Gasteiger charge is -2.25. The largest absolute Gasteiger partial charge is 0.493 e. The summed E-state index contributed by atoms with van der Waals surface area (Å²) in [5.74, 6) is -0.593. The molecule has 224 valence electrons. The summed E-state index contributed by atoms with van der Waals surface area (Å²) in [4.78, 5) is 26.5. The Balaban J connectivity index is 1.35. The Morgan fingerprint density at radius 3 is 2.19 bits per heavy atom. The van der Waals surface area contributed by atoms with Crippen LogP contribution in [0.25, 0.3) is 6.08 Å². The third kappa shape index (κ3) is 6.52. The minimum atomic E-state index is -4.06. The molecule has 3 aromatic rings. The molecule has 3 aromatic carbocycles. The molecule has 5 rings (SSSR count). The van der Waals surface area contributed by atoms with E-state index in [1.54, 1.807) is 42.5 Å². The number of carbonyl (C=O) groups is 2. The van der Waals surface area contributed by atoms with Crippen molar-refractivity contribution in [1.82, 2.24) is 9.21 Å². The first-order valence-corrected chi connectivity index (χ1v) is 19.2. The quantitative estimate of drug-likeness (QED) is 0.208. The van der Waals surface area contributed by atoms with Gasteiger partial charge in [-0.1, -0.05) is 80.3 Å². The number of hydrogen-bond acceptors (Lipinski definition) is 6. The second-order valence-electron chi connectivity index (χ2n) is 11.7. The van der Waals surface area contributed by atoms with Gasteiger partial charge in [0.25, 0.3) is 11.8 Å². The van der Waals surface area contributed by atoms with E-state index >= 15 is 0 Å². The van der Waals surface area contributed by atoms with Gasteiger partial charge < -0.3 is 9.84 Å². The van der Waals surface area contributed by atoms with Crippen molar-refractivity contribution in [3.8, 4) is 5.75 Å². The van der Waals surface area contributed by atoms with E-state index in [4.69, 9.17) is 4.74 Å². The summed E-state index contributed by atoms with van der Waals surface area (Å²) in [6, 6.07) is 22.2. The molecular weight excluding hydrogens is 583 g/mol. The van der Waals surface area contributed by atoms with Crippen LogP contribution in [-0.4, -0.2) is 55.7 Å². The van der Waals surface area contributed by atoms with Gasteiger partial charge in [0.1, 0.15) is 18.0 Å². The zero-order chi connectivity index (χ0) is 30.8. The summed E-state index contributed by atoms with van der Waals surface area (Å²) in [5, 5.41) is 10.6. The molecule has 0 atom stereocenters. The molecule has 43 heavy (non-hydrogen) atoms. The van der Waals surface area contributed by atoms with Crippen LogP contribution in [0.1, 0.15) is 38.3 Å². The van der Waals surface area contributed by atoms with Crippen molar-refractivity contribution < 1.29 is 27.9 Å². The molecule has 0 fully saturated rings. The molecule has 2 aliphatic heterocycles. The first kappa shape index (κ1) is 30.1. The second kappa shape index (κ2) is 12.1. The van der Waals surface area contributed by atoms with Gasteiger partial charge in [0.2, 0.25) is 5.88 Å². The number of carbonyl (C=O) groups excluding carboxylic acids is 2. The lowest BCUT2D eigenvalue weighted by atomic mass is 10.1. The fourth-order valence-electron chi connectivity index (χ4n) is 4.85. The maximum absolute atomic E-state index is 13.5. The fourth-order valence-corrected chi connectivity index (χ4v) is 7.35. The van der Waals surface area contributed by atoms with Gasteiger partial charge in [-0.3, -0.25) is 14.5 Å². The van der Waals surface area contributed by atoms with Crippen LogP contribution < -0.4 is 9.04 Å². The first-order chi connectivity index (χ1) is 20.5. The summed E-state index contributed by atoms with van der Waals surface area (Å²) < 4.78 is 35.3. The van der Waals surface area contributed by atoms with Gasteiger partial charge in [-0.2, -0.15) is 8.42 Å². The van der Waals surface area contributed by atoms with Crippen molar-refractivity contribution in [3.05, 3.63) is 113 Å². The fraction of sp³-hybridized carbons (Fsp3) is 0.250. The number of aliphatic hydroxyl groups is 1. The van der Waals surface area contributed by atoms with E-state index in [1.807, 2.05) is 42.5 Å². The zero-order valence-electron chi connectivity index (χ0n) is 24.4. The van der Waals surface area contributed by atoms with Crippen LogP contribution in [0, 0.1) is 0 Å². The van der Waals surface area contributed by atoms with Gasteiger partial charge in [-0.05, 0) is 47.9 Å². The normalized spacial score (nSPS) is 16.3. The highest BCUT2D eigenvalue weighted by Gasteiger charge is 2.39. The predicted molar refractivity (Wildman–Crippen MR) is 170 cm³/mol. The second-order valence-corrected chi connectivity index (χ2v) is 19.0. The number of aliphatic hydroxyl groups excluding tert-OH is 1. The van der Waals surface area contributed by atoms with Crippen molar-refractivity contribution in [2.45, 2.75) is 38.7 Å². The third-order valence-corrected chi connectivity index (χ3v) is 10.7. The summed E-state index contributed by atoms with van der Waals surface area (Å²) in [6.07, 6.45) is 5.35. The van der Waals surface area contributed by atoms with Gasteiger partial charge in [0.15, 0.2) is 0 Å². The van der Waals surface area contributed by atoms with Crippen molar-refractivity contribution in [2.75, 3.05) is 17.4 Å². The monoisotopic (exact) mass is 617 g/mol. The minimum absolute atomic E-state index is 0.199. The summed E-state index contributed by atoms with van der Waals surface area (Å²) >= 11 is 0. The van der Waals surface area contributed by atoms with Crippen molar-refractivity contribution in [3.63, 3.8) is 0 Å². The molecule has 1 N–H and O–H groups in total. The molecule has 2 heterocycles. The van der Waals surface area contributed by atoms with E-state index in [-0.39, 0.29) is 43.1 Å². The number of anilines is 1. The molecule has 0 saturated carbocycles. The van der Waals surface area contributed by atoms with Crippen LogP contribution >= 0.6 is 0 Å². The highest BCUT2D eigenvalue weighted by molar-refractivity contribution is 7.91. The Kier molecular flexibility index (Phi) is 8.47. The van der Waals surface area contributed by atoms with Crippen LogP contribution in [-0.2, 0) is 16.8 Å². The predicted octanol–water partition coefficient (Wildman–Crippen LogP) is 6.03. The number of rotatable bonds is 11. The highest BCUT2D eigenvalue weighted by Crippen LogP contribution is 2.38. The SMILES string of the molecule is C[Si](C)(C)CCN1C(O)=CN(c2ccc(C=CCCN3C(=O)c4ccccc4C3=O)cc2OCc2ccccc2)S1(=O)=O. The van der Waals surface area contributed by atoms with E-state index in [9.17, 15) is 23.1 Å². The average Bonchev–Trinajstić information content (AvgIpc) is 3.35. The van der Waals surface area contributed by atoms with Gasteiger partial charge in [0, 0.05) is 21.2 Å². The Labute approximate surface area is 253 Å². The molecule has 0 spiro atoms. The molecule has 2 amide bonds. The van der Waals surface area contributed by atoms with Crippen LogP contribution in [0.15, 0.2) is 91.0 Å². The van der Waals surface area contributed by atoms with E-state index in [1.165, 1.54) is 11.1 Å².